The lowest BCUT2D eigenvalue weighted by Gasteiger charge is -2.14. The van der Waals surface area contributed by atoms with Gasteiger partial charge in [0.15, 0.2) is 5.82 Å². The van der Waals surface area contributed by atoms with Crippen LogP contribution in [0.15, 0.2) is 227 Å². The van der Waals surface area contributed by atoms with Crippen molar-refractivity contribution in [3.63, 3.8) is 0 Å². The van der Waals surface area contributed by atoms with Crippen molar-refractivity contribution in [1.29, 1.82) is 0 Å². The standard InChI is InChI=1S/C69H45N3O3/c1-2-14-41(15-3-1)28-32-48-46-17-4-5-18-47(46)55-38-43(29-33-49(48)55)44-30-34-59-56(39-44)50-19-6-9-24-58(50)72(59)45-31-35-62-57(40-45)66-67(53-22-13-27-63-65(53)52-21-8-11-26-61(52)74-63)70-68(71-69(66)75-62)54-23-12-16-42-36-37-73-60-25-10-7-20-51(60)64(42)54/h1-27,29-31,33-35,38-40,48H,28,32,36-37H2. The van der Waals surface area contributed by atoms with Crippen molar-refractivity contribution in [2.45, 2.75) is 25.2 Å². The van der Waals surface area contributed by atoms with Crippen LogP contribution in [0, 0.1) is 0 Å². The zero-order valence-electron chi connectivity index (χ0n) is 40.8. The van der Waals surface area contributed by atoms with Gasteiger partial charge in [0.05, 0.1) is 28.7 Å². The van der Waals surface area contributed by atoms with E-state index in [1.165, 1.54) is 55.3 Å². The lowest BCUT2D eigenvalue weighted by Crippen LogP contribution is -1.99. The third-order valence-corrected chi connectivity index (χ3v) is 16.0. The molecule has 6 heteroatoms. The number of ether oxygens (including phenoxy) is 1. The number of hydrogen-bond acceptors (Lipinski definition) is 5. The summed E-state index contributed by atoms with van der Waals surface area (Å²) in [7, 11) is 0. The van der Waals surface area contributed by atoms with E-state index in [1.54, 1.807) is 0 Å². The van der Waals surface area contributed by atoms with Crippen LogP contribution in [0.4, 0.5) is 0 Å². The quantitative estimate of drug-likeness (QED) is 0.159. The Labute approximate surface area is 431 Å². The van der Waals surface area contributed by atoms with E-state index < -0.39 is 0 Å². The molecule has 0 bridgehead atoms. The molecular weight excluding hydrogens is 919 g/mol. The average molecular weight is 964 g/mol. The maximum atomic E-state index is 6.89. The summed E-state index contributed by atoms with van der Waals surface area (Å²) in [6, 6.07) is 78.5. The first-order valence-corrected chi connectivity index (χ1v) is 26.0. The van der Waals surface area contributed by atoms with Crippen molar-refractivity contribution in [3.8, 4) is 67.5 Å². The predicted octanol–water partition coefficient (Wildman–Crippen LogP) is 17.7. The van der Waals surface area contributed by atoms with Gasteiger partial charge in [-0.1, -0.05) is 158 Å². The number of nitrogens with zero attached hydrogens (tertiary/aromatic N) is 3. The molecule has 75 heavy (non-hydrogen) atoms. The molecule has 2 aliphatic rings. The average Bonchev–Trinajstić information content (AvgIpc) is 4.23. The molecule has 10 aromatic carbocycles. The molecule has 0 saturated heterocycles. The number of furan rings is 2. The van der Waals surface area contributed by atoms with Gasteiger partial charge in [0.2, 0.25) is 5.71 Å². The zero-order chi connectivity index (χ0) is 49.1. The Balaban J connectivity index is 0.866. The van der Waals surface area contributed by atoms with Crippen molar-refractivity contribution in [1.82, 2.24) is 14.5 Å². The normalized spacial score (nSPS) is 13.8. The molecule has 0 fully saturated rings. The second-order valence-electron chi connectivity index (χ2n) is 20.1. The highest BCUT2D eigenvalue weighted by Gasteiger charge is 2.30. The topological polar surface area (TPSA) is 66.2 Å². The first kappa shape index (κ1) is 42.0. The van der Waals surface area contributed by atoms with Gasteiger partial charge in [-0.25, -0.2) is 4.98 Å². The second-order valence-corrected chi connectivity index (χ2v) is 20.1. The summed E-state index contributed by atoms with van der Waals surface area (Å²) in [5.74, 6) is 1.81. The van der Waals surface area contributed by atoms with Crippen LogP contribution in [0.1, 0.15) is 34.6 Å². The molecule has 1 atom stereocenters. The fraction of sp³-hybridized carbons (Fsp3) is 0.0725. The van der Waals surface area contributed by atoms with Crippen LogP contribution < -0.4 is 4.74 Å². The summed E-state index contributed by atoms with van der Waals surface area (Å²) in [5.41, 5.74) is 21.5. The molecule has 0 spiro atoms. The molecule has 1 unspecified atom stereocenters. The minimum atomic E-state index is 0.368. The highest BCUT2D eigenvalue weighted by molar-refractivity contribution is 6.19. The highest BCUT2D eigenvalue weighted by atomic mass is 16.5. The van der Waals surface area contributed by atoms with Gasteiger partial charge < -0.3 is 18.1 Å². The van der Waals surface area contributed by atoms with E-state index in [0.29, 0.717) is 24.1 Å². The molecule has 4 aromatic heterocycles. The Kier molecular flexibility index (Phi) is 9.25. The molecule has 1 aliphatic heterocycles. The van der Waals surface area contributed by atoms with E-state index in [-0.39, 0.29) is 0 Å². The molecule has 0 radical (unpaired) electrons. The molecule has 0 N–H and O–H groups in total. The van der Waals surface area contributed by atoms with Gasteiger partial charge in [-0.05, 0) is 124 Å². The second kappa shape index (κ2) is 16.5. The van der Waals surface area contributed by atoms with Crippen molar-refractivity contribution in [2.24, 2.45) is 0 Å². The van der Waals surface area contributed by atoms with Gasteiger partial charge in [-0.2, -0.15) is 4.98 Å². The monoisotopic (exact) mass is 963 g/mol. The fourth-order valence-corrected chi connectivity index (χ4v) is 12.7. The van der Waals surface area contributed by atoms with Gasteiger partial charge >= 0.3 is 0 Å². The van der Waals surface area contributed by atoms with Crippen molar-refractivity contribution in [2.75, 3.05) is 6.61 Å². The van der Waals surface area contributed by atoms with E-state index in [2.05, 4.69) is 193 Å². The molecule has 0 amide bonds. The molecule has 1 aliphatic carbocycles. The molecule has 354 valence electrons. The lowest BCUT2D eigenvalue weighted by molar-refractivity contribution is 0.326. The molecule has 6 nitrogen and oxygen atoms in total. The van der Waals surface area contributed by atoms with E-state index in [4.69, 9.17) is 23.5 Å². The number of rotatable bonds is 7. The Morgan fingerprint density at radius 2 is 1.19 bits per heavy atom. The molecule has 5 heterocycles. The van der Waals surface area contributed by atoms with Crippen LogP contribution >= 0.6 is 0 Å². The minimum Gasteiger partial charge on any atom is -0.493 e. The first-order valence-electron chi connectivity index (χ1n) is 26.0. The number of fused-ring (bicyclic) bond motifs is 15. The number of hydrogen-bond donors (Lipinski definition) is 0. The van der Waals surface area contributed by atoms with Gasteiger partial charge in [-0.3, -0.25) is 0 Å². The van der Waals surface area contributed by atoms with Gasteiger partial charge in [-0.15, -0.1) is 0 Å². The van der Waals surface area contributed by atoms with E-state index in [9.17, 15) is 0 Å². The highest BCUT2D eigenvalue weighted by Crippen LogP contribution is 2.50. The van der Waals surface area contributed by atoms with E-state index in [0.717, 1.165) is 108 Å². The van der Waals surface area contributed by atoms with Crippen molar-refractivity contribution in [3.05, 3.63) is 241 Å². The summed E-state index contributed by atoms with van der Waals surface area (Å²) in [5, 5.41) is 6.21. The summed E-state index contributed by atoms with van der Waals surface area (Å²) in [4.78, 5) is 11.0. The van der Waals surface area contributed by atoms with Gasteiger partial charge in [0, 0.05) is 61.6 Å². The van der Waals surface area contributed by atoms with Crippen LogP contribution in [0.5, 0.6) is 5.75 Å². The van der Waals surface area contributed by atoms with Crippen LogP contribution in [-0.2, 0) is 12.8 Å². The molecule has 0 saturated carbocycles. The smallest absolute Gasteiger partial charge is 0.231 e. The summed E-state index contributed by atoms with van der Waals surface area (Å²) < 4.78 is 22.1. The van der Waals surface area contributed by atoms with E-state index in [1.807, 2.05) is 30.3 Å². The first-order chi connectivity index (χ1) is 37.2. The Morgan fingerprint density at radius 3 is 2.13 bits per heavy atom. The number of para-hydroxylation sites is 3. The molecular formula is C69H45N3O3. The minimum absolute atomic E-state index is 0.368. The van der Waals surface area contributed by atoms with Crippen LogP contribution in [0.25, 0.3) is 128 Å². The summed E-state index contributed by atoms with van der Waals surface area (Å²) in [6.07, 6.45) is 2.89. The molecule has 14 aromatic rings. The fourth-order valence-electron chi connectivity index (χ4n) is 12.7. The maximum absolute atomic E-state index is 6.89. The van der Waals surface area contributed by atoms with Crippen LogP contribution in [-0.4, -0.2) is 21.1 Å². The SMILES string of the molecule is c1ccc(CCC2c3ccccc3-c3cc(-c4ccc5c(c4)c4ccccc4n5-c4ccc5oc6nc(-c7cccc8c7-c7ccccc7OCC8)nc(-c7cccc8oc9ccccc9c78)c6c5c4)ccc32)cc1. The number of aromatic nitrogens is 3. The Morgan fingerprint density at radius 1 is 0.467 bits per heavy atom. The number of benzene rings is 10. The van der Waals surface area contributed by atoms with Crippen molar-refractivity contribution < 1.29 is 13.6 Å². The Hall–Kier alpha value is -9.52. The summed E-state index contributed by atoms with van der Waals surface area (Å²) in [6.45, 7) is 0.591. The third-order valence-electron chi connectivity index (χ3n) is 16.0. The van der Waals surface area contributed by atoms with E-state index >= 15 is 0 Å². The van der Waals surface area contributed by atoms with Gasteiger partial charge in [0.25, 0.3) is 0 Å². The largest absolute Gasteiger partial charge is 0.493 e. The molecule has 16 rings (SSSR count). The lowest BCUT2D eigenvalue weighted by atomic mass is 9.90. The van der Waals surface area contributed by atoms with Crippen molar-refractivity contribution >= 4 is 65.8 Å². The predicted molar refractivity (Wildman–Crippen MR) is 304 cm³/mol. The van der Waals surface area contributed by atoms with Gasteiger partial charge in [0.1, 0.15) is 22.5 Å². The van der Waals surface area contributed by atoms with Crippen LogP contribution in [0.2, 0.25) is 0 Å². The zero-order valence-corrected chi connectivity index (χ0v) is 40.8. The summed E-state index contributed by atoms with van der Waals surface area (Å²) >= 11 is 0. The maximum Gasteiger partial charge on any atom is 0.231 e. The third kappa shape index (κ3) is 6.52. The van der Waals surface area contributed by atoms with Crippen LogP contribution in [0.3, 0.4) is 0 Å². The Bertz CT molecular complexity index is 4650. The number of aryl methyl sites for hydroxylation is 1.